The molecule has 3 nitrogen and oxygen atoms in total. The number of H-pyrrole nitrogens is 1. The largest absolute Gasteiger partial charge is 0.359 e. The molecule has 82 valence electrons. The molecule has 0 saturated heterocycles. The van der Waals surface area contributed by atoms with E-state index >= 15 is 0 Å². The summed E-state index contributed by atoms with van der Waals surface area (Å²) in [4.78, 5) is 11.8. The molecule has 0 bridgehead atoms. The van der Waals surface area contributed by atoms with E-state index in [-0.39, 0.29) is 5.41 Å². The van der Waals surface area contributed by atoms with Crippen molar-refractivity contribution in [3.05, 3.63) is 24.3 Å². The second kappa shape index (κ2) is 4.43. The van der Waals surface area contributed by atoms with Crippen LogP contribution in [0, 0.1) is 0 Å². The molecule has 15 heavy (non-hydrogen) atoms. The van der Waals surface area contributed by atoms with Crippen molar-refractivity contribution in [2.24, 2.45) is 0 Å². The first-order chi connectivity index (χ1) is 7.07. The summed E-state index contributed by atoms with van der Waals surface area (Å²) in [6.45, 7) is 10.3. The van der Waals surface area contributed by atoms with Crippen LogP contribution in [0.15, 0.2) is 18.5 Å². The Hall–Kier alpha value is -1.38. The third kappa shape index (κ3) is 2.55. The molecule has 0 aliphatic heterocycles. The molecule has 0 atom stereocenters. The molecule has 1 N–H and O–H groups in total. The molecular weight excluding hydrogens is 186 g/mol. The third-order valence-electron chi connectivity index (χ3n) is 1.97. The molecule has 0 amide bonds. The summed E-state index contributed by atoms with van der Waals surface area (Å²) in [6.07, 6.45) is 3.72. The molecule has 0 radical (unpaired) electrons. The van der Waals surface area contributed by atoms with Gasteiger partial charge in [0.25, 0.3) is 0 Å². The Kier molecular flexibility index (Phi) is 3.45. The minimum Gasteiger partial charge on any atom is -0.359 e. The Morgan fingerprint density at radius 1 is 1.20 bits per heavy atom. The van der Waals surface area contributed by atoms with E-state index in [2.05, 4.69) is 35.7 Å². The van der Waals surface area contributed by atoms with E-state index in [1.165, 1.54) is 0 Å². The average molecular weight is 205 g/mol. The van der Waals surface area contributed by atoms with Crippen molar-refractivity contribution in [2.75, 3.05) is 0 Å². The van der Waals surface area contributed by atoms with Crippen molar-refractivity contribution in [1.82, 2.24) is 15.0 Å². The first kappa shape index (κ1) is 11.7. The average Bonchev–Trinajstić information content (AvgIpc) is 2.66. The van der Waals surface area contributed by atoms with Gasteiger partial charge in [-0.3, -0.25) is 0 Å². The lowest BCUT2D eigenvalue weighted by atomic mass is 9.96. The second-order valence-electron chi connectivity index (χ2n) is 4.22. The molecule has 2 aromatic rings. The predicted molar refractivity (Wildman–Crippen MR) is 63.9 cm³/mol. The van der Waals surface area contributed by atoms with Gasteiger partial charge in [0.05, 0.1) is 17.2 Å². The second-order valence-corrected chi connectivity index (χ2v) is 4.22. The van der Waals surface area contributed by atoms with Crippen molar-refractivity contribution in [3.8, 4) is 0 Å². The highest BCUT2D eigenvalue weighted by molar-refractivity contribution is 5.73. The highest BCUT2D eigenvalue weighted by Crippen LogP contribution is 2.19. The summed E-state index contributed by atoms with van der Waals surface area (Å²) in [5.41, 5.74) is 2.00. The lowest BCUT2D eigenvalue weighted by Gasteiger charge is -2.15. The molecule has 0 saturated carbocycles. The monoisotopic (exact) mass is 205 g/mol. The normalized spacial score (nSPS) is 11.0. The maximum absolute atomic E-state index is 4.46. The Morgan fingerprint density at radius 2 is 1.87 bits per heavy atom. The van der Waals surface area contributed by atoms with Crippen LogP contribution >= 0.6 is 0 Å². The van der Waals surface area contributed by atoms with Crippen LogP contribution in [0.5, 0.6) is 0 Å². The van der Waals surface area contributed by atoms with E-state index in [9.17, 15) is 0 Å². The quantitative estimate of drug-likeness (QED) is 0.717. The Bertz CT molecular complexity index is 424. The van der Waals surface area contributed by atoms with Crippen molar-refractivity contribution in [3.63, 3.8) is 0 Å². The number of fused-ring (bicyclic) bond motifs is 1. The smallest absolute Gasteiger partial charge is 0.134 e. The van der Waals surface area contributed by atoms with Crippen molar-refractivity contribution < 1.29 is 0 Å². The van der Waals surface area contributed by atoms with Gasteiger partial charge in [0, 0.05) is 11.6 Å². The summed E-state index contributed by atoms with van der Waals surface area (Å²) < 4.78 is 0. The number of nitrogens with zero attached hydrogens (tertiary/aromatic N) is 2. The first-order valence-electron chi connectivity index (χ1n) is 5.38. The highest BCUT2D eigenvalue weighted by Gasteiger charge is 2.17. The van der Waals surface area contributed by atoms with Crippen LogP contribution in [0.4, 0.5) is 0 Å². The summed E-state index contributed by atoms with van der Waals surface area (Å²) in [5.74, 6) is 0.889. The molecule has 3 heteroatoms. The van der Waals surface area contributed by atoms with E-state index < -0.39 is 0 Å². The number of aromatic nitrogens is 3. The van der Waals surface area contributed by atoms with Crippen LogP contribution < -0.4 is 0 Å². The van der Waals surface area contributed by atoms with E-state index in [0.717, 1.165) is 16.9 Å². The summed E-state index contributed by atoms with van der Waals surface area (Å²) in [5, 5.41) is 0. The minimum absolute atomic E-state index is 0.0193. The van der Waals surface area contributed by atoms with Gasteiger partial charge in [0.15, 0.2) is 0 Å². The highest BCUT2D eigenvalue weighted by atomic mass is 14.9. The zero-order valence-electron chi connectivity index (χ0n) is 10.1. The van der Waals surface area contributed by atoms with E-state index in [4.69, 9.17) is 0 Å². The van der Waals surface area contributed by atoms with Gasteiger partial charge >= 0.3 is 0 Å². The molecule has 2 aromatic heterocycles. The maximum atomic E-state index is 4.46. The topological polar surface area (TPSA) is 41.6 Å². The third-order valence-corrected chi connectivity index (χ3v) is 1.97. The molecule has 0 unspecified atom stereocenters. The maximum Gasteiger partial charge on any atom is 0.134 e. The van der Waals surface area contributed by atoms with Crippen molar-refractivity contribution in [1.29, 1.82) is 0 Å². The lowest BCUT2D eigenvalue weighted by Crippen LogP contribution is -2.15. The van der Waals surface area contributed by atoms with Gasteiger partial charge < -0.3 is 4.98 Å². The molecule has 2 rings (SSSR count). The SMILES string of the molecule is CC.CC(C)(C)c1ncc2[nH]ccc2n1. The van der Waals surface area contributed by atoms with Crippen LogP contribution in [-0.4, -0.2) is 15.0 Å². The van der Waals surface area contributed by atoms with Gasteiger partial charge in [-0.2, -0.15) is 0 Å². The van der Waals surface area contributed by atoms with Gasteiger partial charge in [-0.25, -0.2) is 9.97 Å². The minimum atomic E-state index is 0.0193. The first-order valence-corrected chi connectivity index (χ1v) is 5.38. The molecule has 0 aromatic carbocycles. The Labute approximate surface area is 91.0 Å². The lowest BCUT2D eigenvalue weighted by molar-refractivity contribution is 0.548. The van der Waals surface area contributed by atoms with E-state index in [1.54, 1.807) is 0 Å². The molecular formula is C12H19N3. The van der Waals surface area contributed by atoms with Crippen LogP contribution in [0.25, 0.3) is 11.0 Å². The number of nitrogens with one attached hydrogen (secondary N) is 1. The van der Waals surface area contributed by atoms with Gasteiger partial charge in [0.1, 0.15) is 5.82 Å². The number of hydrogen-bond acceptors (Lipinski definition) is 2. The van der Waals surface area contributed by atoms with Gasteiger partial charge in [-0.05, 0) is 6.07 Å². The summed E-state index contributed by atoms with van der Waals surface area (Å²) >= 11 is 0. The zero-order valence-corrected chi connectivity index (χ0v) is 10.1. The molecule has 0 aliphatic carbocycles. The van der Waals surface area contributed by atoms with Crippen LogP contribution in [0.1, 0.15) is 40.4 Å². The van der Waals surface area contributed by atoms with Gasteiger partial charge in [0.2, 0.25) is 0 Å². The molecule has 2 heterocycles. The van der Waals surface area contributed by atoms with E-state index in [1.807, 2.05) is 32.3 Å². The molecule has 0 fully saturated rings. The fourth-order valence-corrected chi connectivity index (χ4v) is 1.21. The van der Waals surface area contributed by atoms with Crippen LogP contribution in [0.2, 0.25) is 0 Å². The van der Waals surface area contributed by atoms with Gasteiger partial charge in [-0.15, -0.1) is 0 Å². The predicted octanol–water partition coefficient (Wildman–Crippen LogP) is 3.28. The number of rotatable bonds is 0. The van der Waals surface area contributed by atoms with Crippen molar-refractivity contribution >= 4 is 11.0 Å². The zero-order chi connectivity index (χ0) is 11.5. The summed E-state index contributed by atoms with van der Waals surface area (Å²) in [6, 6.07) is 1.96. The van der Waals surface area contributed by atoms with Crippen LogP contribution in [0.3, 0.4) is 0 Å². The van der Waals surface area contributed by atoms with Crippen LogP contribution in [-0.2, 0) is 5.41 Å². The van der Waals surface area contributed by atoms with Gasteiger partial charge in [-0.1, -0.05) is 34.6 Å². The Morgan fingerprint density at radius 3 is 2.47 bits per heavy atom. The molecule has 0 spiro atoms. The fourth-order valence-electron chi connectivity index (χ4n) is 1.21. The standard InChI is InChI=1S/C10H13N3.C2H6/c1-10(2,3)9-12-6-8-7(13-9)4-5-11-8;1-2/h4-6,11H,1-3H3;1-2H3. The number of hydrogen-bond donors (Lipinski definition) is 1. The number of aromatic amines is 1. The summed E-state index contributed by atoms with van der Waals surface area (Å²) in [7, 11) is 0. The molecule has 0 aliphatic rings. The van der Waals surface area contributed by atoms with Crippen molar-refractivity contribution in [2.45, 2.75) is 40.0 Å². The Balaban J connectivity index is 0.000000531. The fraction of sp³-hybridized carbons (Fsp3) is 0.500. The van der Waals surface area contributed by atoms with E-state index in [0.29, 0.717) is 0 Å².